The first-order valence-corrected chi connectivity index (χ1v) is 7.44. The molecule has 1 atom stereocenters. The maximum absolute atomic E-state index is 11.4. The largest absolute Gasteiger partial charge is 0.506 e. The molecule has 23 heavy (non-hydrogen) atoms. The Hall–Kier alpha value is -1.60. The normalized spacial score (nSPS) is 12.1. The number of H-pyrrole nitrogens is 1. The topological polar surface area (TPSA) is 94.6 Å². The summed E-state index contributed by atoms with van der Waals surface area (Å²) in [6.45, 7) is 3.95. The molecular weight excluding hydrogens is 320 g/mol. The van der Waals surface area contributed by atoms with Crippen LogP contribution in [0.2, 0.25) is 0 Å². The molecule has 2 aromatic rings. The maximum atomic E-state index is 11.4. The number of hydrogen-bond acceptors (Lipinski definition) is 5. The van der Waals surface area contributed by atoms with Gasteiger partial charge in [0.2, 0.25) is 5.56 Å². The van der Waals surface area contributed by atoms with E-state index in [0.29, 0.717) is 25.3 Å². The van der Waals surface area contributed by atoms with E-state index in [9.17, 15) is 15.0 Å². The van der Waals surface area contributed by atoms with Gasteiger partial charge >= 0.3 is 0 Å². The Morgan fingerprint density at radius 1 is 1.30 bits per heavy atom. The minimum atomic E-state index is -0.273. The van der Waals surface area contributed by atoms with Crippen LogP contribution in [0.3, 0.4) is 0 Å². The van der Waals surface area contributed by atoms with Crippen molar-refractivity contribution in [2.24, 2.45) is 0 Å². The van der Waals surface area contributed by atoms with Gasteiger partial charge in [0.05, 0.1) is 18.2 Å². The lowest BCUT2D eigenvalue weighted by Crippen LogP contribution is -2.26. The van der Waals surface area contributed by atoms with E-state index in [2.05, 4.69) is 10.3 Å². The number of pyridine rings is 1. The van der Waals surface area contributed by atoms with Crippen molar-refractivity contribution in [3.05, 3.63) is 40.2 Å². The molecule has 0 fully saturated rings. The molecule has 2 rings (SSSR count). The zero-order valence-corrected chi connectivity index (χ0v) is 13.9. The van der Waals surface area contributed by atoms with E-state index in [0.717, 1.165) is 17.4 Å². The zero-order valence-electron chi connectivity index (χ0n) is 13.0. The fourth-order valence-electron chi connectivity index (χ4n) is 2.43. The summed E-state index contributed by atoms with van der Waals surface area (Å²) in [6.07, 6.45) is 0.844. The molecule has 1 unspecified atom stereocenters. The summed E-state index contributed by atoms with van der Waals surface area (Å²) in [5.41, 5.74) is 0.952. The van der Waals surface area contributed by atoms with Gasteiger partial charge in [-0.2, -0.15) is 0 Å². The highest BCUT2D eigenvalue weighted by Crippen LogP contribution is 2.28. The van der Waals surface area contributed by atoms with E-state index < -0.39 is 0 Å². The molecule has 7 heteroatoms. The third-order valence-electron chi connectivity index (χ3n) is 3.53. The number of aromatic amines is 1. The molecule has 0 radical (unpaired) electrons. The van der Waals surface area contributed by atoms with Gasteiger partial charge in [-0.3, -0.25) is 4.79 Å². The van der Waals surface area contributed by atoms with Crippen molar-refractivity contribution in [2.45, 2.75) is 19.4 Å². The molecule has 0 aliphatic carbocycles. The Bertz CT molecular complexity index is 675. The number of aromatic hydroxyl groups is 1. The van der Waals surface area contributed by atoms with Crippen LogP contribution < -0.4 is 10.9 Å². The number of halogens is 1. The van der Waals surface area contributed by atoms with Gasteiger partial charge in [-0.1, -0.05) is 6.07 Å². The second-order valence-corrected chi connectivity index (χ2v) is 5.02. The molecule has 1 aromatic carbocycles. The van der Waals surface area contributed by atoms with Crippen molar-refractivity contribution >= 4 is 23.3 Å². The van der Waals surface area contributed by atoms with Crippen LogP contribution in [0.4, 0.5) is 0 Å². The van der Waals surface area contributed by atoms with E-state index >= 15 is 0 Å². The standard InChI is InChI=1S/C16H22N2O4.ClH/c1-2-22-9-3-8-17-13(10-19)11-4-6-14(20)16-12(11)5-7-15(21)18-16;/h4-7,13,17,19-20H,2-3,8-10H2,1H3,(H,18,21);1H. The van der Waals surface area contributed by atoms with Crippen LogP contribution in [-0.4, -0.2) is 41.6 Å². The average molecular weight is 343 g/mol. The number of ether oxygens (including phenoxy) is 1. The van der Waals surface area contributed by atoms with Gasteiger partial charge in [0.1, 0.15) is 5.75 Å². The second-order valence-electron chi connectivity index (χ2n) is 5.02. The number of fused-ring (bicyclic) bond motifs is 1. The number of hydrogen-bond donors (Lipinski definition) is 4. The van der Waals surface area contributed by atoms with E-state index in [4.69, 9.17) is 4.74 Å². The first-order chi connectivity index (χ1) is 10.7. The lowest BCUT2D eigenvalue weighted by Gasteiger charge is -2.19. The SMILES string of the molecule is CCOCCCNC(CO)c1ccc(O)c2[nH]c(=O)ccc12.Cl. The number of phenols is 1. The Morgan fingerprint density at radius 2 is 2.09 bits per heavy atom. The molecule has 0 aliphatic rings. The lowest BCUT2D eigenvalue weighted by atomic mass is 10.0. The molecule has 0 bridgehead atoms. The zero-order chi connectivity index (χ0) is 15.9. The van der Waals surface area contributed by atoms with Crippen molar-refractivity contribution in [2.75, 3.05) is 26.4 Å². The molecule has 0 saturated heterocycles. The first-order valence-electron chi connectivity index (χ1n) is 7.44. The molecule has 0 spiro atoms. The van der Waals surface area contributed by atoms with Crippen molar-refractivity contribution in [1.82, 2.24) is 10.3 Å². The minimum absolute atomic E-state index is 0. The molecule has 0 saturated carbocycles. The predicted octanol–water partition coefficient (Wildman–Crippen LogP) is 1.71. The van der Waals surface area contributed by atoms with Gasteiger partial charge in [-0.25, -0.2) is 0 Å². The minimum Gasteiger partial charge on any atom is -0.506 e. The predicted molar refractivity (Wildman–Crippen MR) is 92.4 cm³/mol. The highest BCUT2D eigenvalue weighted by Gasteiger charge is 2.15. The van der Waals surface area contributed by atoms with E-state index in [1.165, 1.54) is 12.1 Å². The smallest absolute Gasteiger partial charge is 0.248 e. The summed E-state index contributed by atoms with van der Waals surface area (Å²) in [5, 5.41) is 23.5. The highest BCUT2D eigenvalue weighted by atomic mass is 35.5. The van der Waals surface area contributed by atoms with E-state index in [1.807, 2.05) is 6.92 Å². The molecular formula is C16H23ClN2O4. The summed E-state index contributed by atoms with van der Waals surface area (Å²) in [4.78, 5) is 14.0. The highest BCUT2D eigenvalue weighted by molar-refractivity contribution is 5.87. The summed E-state index contributed by atoms with van der Waals surface area (Å²) >= 11 is 0. The van der Waals surface area contributed by atoms with Gasteiger partial charge in [-0.05, 0) is 37.6 Å². The van der Waals surface area contributed by atoms with Crippen LogP contribution in [0.15, 0.2) is 29.1 Å². The third-order valence-corrected chi connectivity index (χ3v) is 3.53. The quantitative estimate of drug-likeness (QED) is 0.548. The van der Waals surface area contributed by atoms with Crippen molar-refractivity contribution in [3.63, 3.8) is 0 Å². The number of aliphatic hydroxyl groups is 1. The number of benzene rings is 1. The molecule has 4 N–H and O–H groups in total. The fraction of sp³-hybridized carbons (Fsp3) is 0.438. The van der Waals surface area contributed by atoms with Gasteiger partial charge in [0, 0.05) is 24.7 Å². The summed E-state index contributed by atoms with van der Waals surface area (Å²) in [5.74, 6) is 0.0180. The number of aromatic nitrogens is 1. The summed E-state index contributed by atoms with van der Waals surface area (Å²) in [7, 11) is 0. The monoisotopic (exact) mass is 342 g/mol. The van der Waals surface area contributed by atoms with Crippen molar-refractivity contribution in [3.8, 4) is 5.75 Å². The van der Waals surface area contributed by atoms with Gasteiger partial charge in [0.15, 0.2) is 0 Å². The van der Waals surface area contributed by atoms with Crippen LogP contribution in [0.25, 0.3) is 10.9 Å². The van der Waals surface area contributed by atoms with Gasteiger partial charge < -0.3 is 25.3 Å². The molecule has 1 heterocycles. The Balaban J connectivity index is 0.00000264. The van der Waals surface area contributed by atoms with E-state index in [1.54, 1.807) is 12.1 Å². The van der Waals surface area contributed by atoms with Gasteiger partial charge in [0.25, 0.3) is 0 Å². The Kier molecular flexibility index (Phi) is 8.05. The maximum Gasteiger partial charge on any atom is 0.248 e. The van der Waals surface area contributed by atoms with Crippen LogP contribution >= 0.6 is 12.4 Å². The van der Waals surface area contributed by atoms with Crippen molar-refractivity contribution < 1.29 is 14.9 Å². The number of nitrogens with one attached hydrogen (secondary N) is 2. The summed E-state index contributed by atoms with van der Waals surface area (Å²) in [6, 6.07) is 6.09. The second kappa shape index (κ2) is 9.52. The molecule has 0 amide bonds. The lowest BCUT2D eigenvalue weighted by molar-refractivity contribution is 0.142. The van der Waals surface area contributed by atoms with E-state index in [-0.39, 0.29) is 36.4 Å². The molecule has 1 aromatic heterocycles. The van der Waals surface area contributed by atoms with Crippen LogP contribution in [0.5, 0.6) is 5.75 Å². The Labute approximate surface area is 140 Å². The summed E-state index contributed by atoms with van der Waals surface area (Å²) < 4.78 is 5.28. The average Bonchev–Trinajstić information content (AvgIpc) is 2.52. The van der Waals surface area contributed by atoms with Crippen LogP contribution in [0, 0.1) is 0 Å². The molecule has 0 aliphatic heterocycles. The van der Waals surface area contributed by atoms with Crippen LogP contribution in [-0.2, 0) is 4.74 Å². The van der Waals surface area contributed by atoms with Crippen LogP contribution in [0.1, 0.15) is 24.9 Å². The molecule has 6 nitrogen and oxygen atoms in total. The fourth-order valence-corrected chi connectivity index (χ4v) is 2.43. The third kappa shape index (κ3) is 4.94. The number of phenolic OH excluding ortho intramolecular Hbond substituents is 1. The Morgan fingerprint density at radius 3 is 2.78 bits per heavy atom. The molecule has 128 valence electrons. The van der Waals surface area contributed by atoms with Crippen molar-refractivity contribution in [1.29, 1.82) is 0 Å². The van der Waals surface area contributed by atoms with Gasteiger partial charge in [-0.15, -0.1) is 12.4 Å². The first kappa shape index (κ1) is 19.4. The number of aliphatic hydroxyl groups excluding tert-OH is 1. The number of rotatable bonds is 8.